The van der Waals surface area contributed by atoms with E-state index in [-0.39, 0.29) is 6.29 Å². The number of fused-ring (bicyclic) bond motifs is 1. The zero-order valence-electron chi connectivity index (χ0n) is 7.12. The lowest BCUT2D eigenvalue weighted by Gasteiger charge is -2.07. The van der Waals surface area contributed by atoms with E-state index in [0.29, 0.717) is 6.61 Å². The van der Waals surface area contributed by atoms with E-state index < -0.39 is 0 Å². The first-order valence-electron chi connectivity index (χ1n) is 3.91. The SMILES string of the molecule is COCC1Oc2ccc(Br)cc2O1. The number of halogens is 1. The van der Waals surface area contributed by atoms with Crippen molar-refractivity contribution in [3.63, 3.8) is 0 Å². The molecule has 0 saturated carbocycles. The van der Waals surface area contributed by atoms with Gasteiger partial charge in [-0.15, -0.1) is 0 Å². The molecular formula is C9H9BrO3. The minimum absolute atomic E-state index is 0.311. The summed E-state index contributed by atoms with van der Waals surface area (Å²) >= 11 is 3.36. The molecule has 1 unspecified atom stereocenters. The Morgan fingerprint density at radius 2 is 2.15 bits per heavy atom. The highest BCUT2D eigenvalue weighted by atomic mass is 79.9. The molecule has 0 aromatic heterocycles. The highest BCUT2D eigenvalue weighted by molar-refractivity contribution is 9.10. The molecule has 0 fully saturated rings. The lowest BCUT2D eigenvalue weighted by atomic mass is 10.3. The van der Waals surface area contributed by atoms with E-state index in [1.807, 2.05) is 18.2 Å². The molecule has 1 aromatic rings. The Hall–Kier alpha value is -0.740. The van der Waals surface area contributed by atoms with Gasteiger partial charge < -0.3 is 14.2 Å². The normalized spacial score (nSPS) is 19.1. The highest BCUT2D eigenvalue weighted by Crippen LogP contribution is 2.36. The molecule has 0 bridgehead atoms. The molecule has 0 spiro atoms. The number of hydrogen-bond acceptors (Lipinski definition) is 3. The van der Waals surface area contributed by atoms with Gasteiger partial charge >= 0.3 is 0 Å². The van der Waals surface area contributed by atoms with E-state index in [1.165, 1.54) is 0 Å². The average Bonchev–Trinajstić information content (AvgIpc) is 2.46. The van der Waals surface area contributed by atoms with Crippen LogP contribution in [0.3, 0.4) is 0 Å². The number of ether oxygens (including phenoxy) is 3. The predicted molar refractivity (Wildman–Crippen MR) is 51.1 cm³/mol. The lowest BCUT2D eigenvalue weighted by Crippen LogP contribution is -2.23. The van der Waals surface area contributed by atoms with Crippen molar-refractivity contribution in [2.45, 2.75) is 6.29 Å². The summed E-state index contributed by atoms with van der Waals surface area (Å²) in [4.78, 5) is 0. The molecule has 4 heteroatoms. The van der Waals surface area contributed by atoms with Gasteiger partial charge in [0.25, 0.3) is 6.29 Å². The van der Waals surface area contributed by atoms with Crippen molar-refractivity contribution in [2.75, 3.05) is 13.7 Å². The van der Waals surface area contributed by atoms with Gasteiger partial charge in [0.1, 0.15) is 6.61 Å². The summed E-state index contributed by atoms with van der Waals surface area (Å²) in [6.45, 7) is 0.437. The third-order valence-electron chi connectivity index (χ3n) is 1.73. The third-order valence-corrected chi connectivity index (χ3v) is 2.22. The zero-order chi connectivity index (χ0) is 9.26. The maximum atomic E-state index is 5.45. The molecule has 13 heavy (non-hydrogen) atoms. The van der Waals surface area contributed by atoms with E-state index in [4.69, 9.17) is 14.2 Å². The monoisotopic (exact) mass is 244 g/mol. The Balaban J connectivity index is 2.16. The molecule has 2 rings (SSSR count). The van der Waals surface area contributed by atoms with Crippen LogP contribution in [0.4, 0.5) is 0 Å². The van der Waals surface area contributed by atoms with Crippen LogP contribution >= 0.6 is 15.9 Å². The molecule has 0 amide bonds. The van der Waals surface area contributed by atoms with Gasteiger partial charge in [0, 0.05) is 11.6 Å². The number of benzene rings is 1. The second kappa shape index (κ2) is 3.55. The molecule has 0 radical (unpaired) electrons. The molecule has 70 valence electrons. The molecule has 1 aliphatic rings. The van der Waals surface area contributed by atoms with Crippen LogP contribution in [0, 0.1) is 0 Å². The molecule has 0 N–H and O–H groups in total. The van der Waals surface area contributed by atoms with Crippen LogP contribution in [-0.4, -0.2) is 20.0 Å². The van der Waals surface area contributed by atoms with E-state index >= 15 is 0 Å². The topological polar surface area (TPSA) is 27.7 Å². The molecule has 1 aliphatic heterocycles. The van der Waals surface area contributed by atoms with Gasteiger partial charge in [0.15, 0.2) is 11.5 Å². The summed E-state index contributed by atoms with van der Waals surface area (Å²) in [5.74, 6) is 1.53. The Morgan fingerprint density at radius 3 is 2.92 bits per heavy atom. The number of hydrogen-bond donors (Lipinski definition) is 0. The first-order valence-corrected chi connectivity index (χ1v) is 4.70. The fourth-order valence-electron chi connectivity index (χ4n) is 1.18. The molecular weight excluding hydrogens is 236 g/mol. The van der Waals surface area contributed by atoms with E-state index in [1.54, 1.807) is 7.11 Å². The van der Waals surface area contributed by atoms with E-state index in [0.717, 1.165) is 16.0 Å². The lowest BCUT2D eigenvalue weighted by molar-refractivity contribution is -0.0173. The summed E-state index contributed by atoms with van der Waals surface area (Å²) in [5, 5.41) is 0. The molecule has 1 heterocycles. The van der Waals surface area contributed by atoms with Crippen LogP contribution in [0.1, 0.15) is 0 Å². The van der Waals surface area contributed by atoms with Crippen LogP contribution < -0.4 is 9.47 Å². The summed E-state index contributed by atoms with van der Waals surface area (Å²) in [7, 11) is 1.62. The predicted octanol–water partition coefficient (Wildman–Crippen LogP) is 2.19. The highest BCUT2D eigenvalue weighted by Gasteiger charge is 2.23. The zero-order valence-corrected chi connectivity index (χ0v) is 8.71. The van der Waals surface area contributed by atoms with Crippen molar-refractivity contribution in [1.29, 1.82) is 0 Å². The van der Waals surface area contributed by atoms with Crippen LogP contribution in [0.2, 0.25) is 0 Å². The van der Waals surface area contributed by atoms with Crippen LogP contribution in [0.15, 0.2) is 22.7 Å². The summed E-state index contributed by atoms with van der Waals surface area (Å²) in [6.07, 6.45) is -0.311. The van der Waals surface area contributed by atoms with Crippen molar-refractivity contribution >= 4 is 15.9 Å². The van der Waals surface area contributed by atoms with Gasteiger partial charge in [-0.05, 0) is 18.2 Å². The summed E-state index contributed by atoms with van der Waals surface area (Å²) < 4.78 is 16.8. The first-order chi connectivity index (χ1) is 6.29. The fourth-order valence-corrected chi connectivity index (χ4v) is 1.52. The Kier molecular flexibility index (Phi) is 2.42. The van der Waals surface area contributed by atoms with Crippen LogP contribution in [0.25, 0.3) is 0 Å². The third kappa shape index (κ3) is 1.78. The maximum absolute atomic E-state index is 5.45. The molecule has 3 nitrogen and oxygen atoms in total. The van der Waals surface area contributed by atoms with Gasteiger partial charge in [0.05, 0.1) is 0 Å². The quantitative estimate of drug-likeness (QED) is 0.799. The second-order valence-electron chi connectivity index (χ2n) is 2.71. The van der Waals surface area contributed by atoms with E-state index in [9.17, 15) is 0 Å². The molecule has 0 saturated heterocycles. The standard InChI is InChI=1S/C9H9BrO3/c1-11-5-9-12-7-3-2-6(10)4-8(7)13-9/h2-4,9H,5H2,1H3. The van der Waals surface area contributed by atoms with E-state index in [2.05, 4.69) is 15.9 Å². The van der Waals surface area contributed by atoms with Crippen molar-refractivity contribution in [3.8, 4) is 11.5 Å². The van der Waals surface area contributed by atoms with Crippen LogP contribution in [-0.2, 0) is 4.74 Å². The van der Waals surface area contributed by atoms with Gasteiger partial charge in [0.2, 0.25) is 0 Å². The van der Waals surface area contributed by atoms with Crippen molar-refractivity contribution in [1.82, 2.24) is 0 Å². The minimum atomic E-state index is -0.311. The minimum Gasteiger partial charge on any atom is -0.448 e. The fraction of sp³-hybridized carbons (Fsp3) is 0.333. The summed E-state index contributed by atoms with van der Waals surface area (Å²) in [5.41, 5.74) is 0. The summed E-state index contributed by atoms with van der Waals surface area (Å²) in [6, 6.07) is 5.66. The van der Waals surface area contributed by atoms with Crippen LogP contribution in [0.5, 0.6) is 11.5 Å². The largest absolute Gasteiger partial charge is 0.448 e. The Morgan fingerprint density at radius 1 is 1.38 bits per heavy atom. The second-order valence-corrected chi connectivity index (χ2v) is 3.63. The van der Waals surface area contributed by atoms with Gasteiger partial charge in [-0.2, -0.15) is 0 Å². The van der Waals surface area contributed by atoms with Gasteiger partial charge in [-0.1, -0.05) is 15.9 Å². The van der Waals surface area contributed by atoms with Gasteiger partial charge in [-0.25, -0.2) is 0 Å². The molecule has 0 aliphatic carbocycles. The van der Waals surface area contributed by atoms with Gasteiger partial charge in [-0.3, -0.25) is 0 Å². The maximum Gasteiger partial charge on any atom is 0.264 e. The first kappa shape index (κ1) is 8.84. The number of rotatable bonds is 2. The molecule has 1 atom stereocenters. The Labute approximate surface area is 84.7 Å². The smallest absolute Gasteiger partial charge is 0.264 e. The van der Waals surface area contributed by atoms with Crippen molar-refractivity contribution < 1.29 is 14.2 Å². The number of methoxy groups -OCH3 is 1. The average molecular weight is 245 g/mol. The Bertz CT molecular complexity index is 314. The molecule has 1 aromatic carbocycles. The van der Waals surface area contributed by atoms with Crippen molar-refractivity contribution in [2.24, 2.45) is 0 Å². The van der Waals surface area contributed by atoms with Crippen molar-refractivity contribution in [3.05, 3.63) is 22.7 Å².